The molecule has 1 rings (SSSR count). The molecule has 1 aromatic heterocycles. The number of nitrogens with zero attached hydrogens (tertiary/aromatic N) is 4. The van der Waals surface area contributed by atoms with Gasteiger partial charge in [-0.15, -0.1) is 5.10 Å². The van der Waals surface area contributed by atoms with Gasteiger partial charge in [-0.25, -0.2) is 4.68 Å². The van der Waals surface area contributed by atoms with Crippen LogP contribution in [0.15, 0.2) is 4.60 Å². The van der Waals surface area contributed by atoms with Gasteiger partial charge in [-0.3, -0.25) is 0 Å². The van der Waals surface area contributed by atoms with Gasteiger partial charge in [0.05, 0.1) is 11.7 Å². The van der Waals surface area contributed by atoms with Gasteiger partial charge in [0.25, 0.3) is 0 Å². The second-order valence-corrected chi connectivity index (χ2v) is 5.68. The van der Waals surface area contributed by atoms with Crippen molar-refractivity contribution in [3.05, 3.63) is 10.3 Å². The largest absolute Gasteiger partial charge is 0.307 e. The van der Waals surface area contributed by atoms with Crippen LogP contribution in [-0.2, 0) is 7.05 Å². The monoisotopic (exact) mass is 303 g/mol. The van der Waals surface area contributed by atoms with E-state index in [2.05, 4.69) is 71.3 Å². The topological polar surface area (TPSA) is 46.0 Å². The number of aryl methyl sites for hydroxylation is 1. The molecule has 0 bridgehead atoms. The fourth-order valence-corrected chi connectivity index (χ4v) is 2.35. The molecule has 0 fully saturated rings. The summed E-state index contributed by atoms with van der Waals surface area (Å²) in [6, 6.07) is 0.164. The first-order chi connectivity index (χ1) is 7.82. The molecule has 17 heavy (non-hydrogen) atoms. The Balaban J connectivity index is 3.18. The van der Waals surface area contributed by atoms with Gasteiger partial charge in [0.1, 0.15) is 0 Å². The highest BCUT2D eigenvalue weighted by Crippen LogP contribution is 2.32. The van der Waals surface area contributed by atoms with Gasteiger partial charge in [-0.05, 0) is 50.4 Å². The highest BCUT2D eigenvalue weighted by molar-refractivity contribution is 9.10. The third kappa shape index (κ3) is 2.86. The number of halogens is 1. The van der Waals surface area contributed by atoms with Crippen LogP contribution in [0.1, 0.15) is 32.5 Å². The van der Waals surface area contributed by atoms with Crippen molar-refractivity contribution in [2.24, 2.45) is 7.05 Å². The van der Waals surface area contributed by atoms with Gasteiger partial charge in [-0.2, -0.15) is 0 Å². The summed E-state index contributed by atoms with van der Waals surface area (Å²) >= 11 is 3.48. The molecule has 0 saturated heterocycles. The van der Waals surface area contributed by atoms with E-state index in [1.807, 2.05) is 11.7 Å². The molecule has 0 radical (unpaired) electrons. The average Bonchev–Trinajstić information content (AvgIpc) is 2.55. The van der Waals surface area contributed by atoms with Gasteiger partial charge in [0.2, 0.25) is 0 Å². The number of rotatable bonds is 5. The van der Waals surface area contributed by atoms with Crippen molar-refractivity contribution in [2.75, 3.05) is 20.6 Å². The van der Waals surface area contributed by atoms with E-state index < -0.39 is 0 Å². The van der Waals surface area contributed by atoms with Crippen molar-refractivity contribution < 1.29 is 0 Å². The van der Waals surface area contributed by atoms with Crippen molar-refractivity contribution >= 4 is 15.9 Å². The predicted molar refractivity (Wildman–Crippen MR) is 72.9 cm³/mol. The maximum atomic E-state index is 4.06. The fraction of sp³-hybridized carbons (Fsp3) is 0.818. The zero-order valence-electron chi connectivity index (χ0n) is 11.5. The Morgan fingerprint density at radius 1 is 1.47 bits per heavy atom. The van der Waals surface area contributed by atoms with Crippen LogP contribution < -0.4 is 5.32 Å². The Labute approximate surface area is 112 Å². The minimum atomic E-state index is -0.0337. The summed E-state index contributed by atoms with van der Waals surface area (Å²) in [5.41, 5.74) is 1.04. The lowest BCUT2D eigenvalue weighted by atomic mass is 9.90. The molecule has 0 aliphatic carbocycles. The Hall–Kier alpha value is -0.460. The van der Waals surface area contributed by atoms with Crippen LogP contribution in [0.5, 0.6) is 0 Å². The highest BCUT2D eigenvalue weighted by atomic mass is 79.9. The Morgan fingerprint density at radius 3 is 2.41 bits per heavy atom. The molecule has 5 nitrogen and oxygen atoms in total. The molecule has 0 aliphatic heterocycles. The Morgan fingerprint density at radius 2 is 2.06 bits per heavy atom. The lowest BCUT2D eigenvalue weighted by Crippen LogP contribution is -2.50. The summed E-state index contributed by atoms with van der Waals surface area (Å²) in [5, 5.41) is 11.6. The molecule has 1 atom stereocenters. The maximum Gasteiger partial charge on any atom is 0.153 e. The first-order valence-corrected chi connectivity index (χ1v) is 6.57. The number of aromatic nitrogens is 3. The lowest BCUT2D eigenvalue weighted by molar-refractivity contribution is 0.134. The lowest BCUT2D eigenvalue weighted by Gasteiger charge is -2.40. The van der Waals surface area contributed by atoms with Crippen molar-refractivity contribution in [3.63, 3.8) is 0 Å². The molecular formula is C11H22BrN5. The quantitative estimate of drug-likeness (QED) is 0.897. The van der Waals surface area contributed by atoms with E-state index in [4.69, 9.17) is 0 Å². The molecule has 1 N–H and O–H groups in total. The van der Waals surface area contributed by atoms with E-state index >= 15 is 0 Å². The van der Waals surface area contributed by atoms with Crippen LogP contribution >= 0.6 is 15.9 Å². The average molecular weight is 304 g/mol. The van der Waals surface area contributed by atoms with Gasteiger partial charge >= 0.3 is 0 Å². The molecule has 0 saturated carbocycles. The van der Waals surface area contributed by atoms with Crippen LogP contribution in [0.25, 0.3) is 0 Å². The Bertz CT molecular complexity index is 352. The third-order valence-electron chi connectivity index (χ3n) is 3.37. The maximum absolute atomic E-state index is 4.06. The second-order valence-electron chi connectivity index (χ2n) is 4.93. The normalized spacial score (nSPS) is 14.4. The van der Waals surface area contributed by atoms with E-state index in [1.165, 1.54) is 0 Å². The summed E-state index contributed by atoms with van der Waals surface area (Å²) in [6.07, 6.45) is 0. The van der Waals surface area contributed by atoms with Crippen LogP contribution in [-0.4, -0.2) is 46.1 Å². The van der Waals surface area contributed by atoms with Gasteiger partial charge in [-0.1, -0.05) is 12.1 Å². The molecular weight excluding hydrogens is 282 g/mol. The highest BCUT2D eigenvalue weighted by Gasteiger charge is 2.35. The molecule has 1 unspecified atom stereocenters. The summed E-state index contributed by atoms with van der Waals surface area (Å²) in [7, 11) is 6.09. The number of hydrogen-bond donors (Lipinski definition) is 1. The molecule has 1 aromatic rings. The molecule has 0 spiro atoms. The van der Waals surface area contributed by atoms with Crippen molar-refractivity contribution in [1.29, 1.82) is 0 Å². The van der Waals surface area contributed by atoms with Crippen LogP contribution in [0.3, 0.4) is 0 Å². The second kappa shape index (κ2) is 5.46. The number of likely N-dealkylation sites (N-methyl/N-ethyl adjacent to an activating group) is 2. The fourth-order valence-electron chi connectivity index (χ4n) is 1.79. The summed E-state index contributed by atoms with van der Waals surface area (Å²) in [6.45, 7) is 7.43. The summed E-state index contributed by atoms with van der Waals surface area (Å²) in [4.78, 5) is 2.21. The van der Waals surface area contributed by atoms with Crippen molar-refractivity contribution in [2.45, 2.75) is 32.4 Å². The van der Waals surface area contributed by atoms with E-state index in [-0.39, 0.29) is 11.6 Å². The van der Waals surface area contributed by atoms with E-state index in [9.17, 15) is 0 Å². The standard InChI is InChI=1S/C11H22BrN5/c1-7-13-9(11(2,3)16(4)5)8-10(12)14-15-17(8)6/h9,13H,7H2,1-6H3. The number of hydrogen-bond acceptors (Lipinski definition) is 4. The van der Waals surface area contributed by atoms with Gasteiger partial charge in [0.15, 0.2) is 4.60 Å². The summed E-state index contributed by atoms with van der Waals surface area (Å²) < 4.78 is 2.63. The zero-order valence-corrected chi connectivity index (χ0v) is 13.0. The van der Waals surface area contributed by atoms with E-state index in [1.54, 1.807) is 0 Å². The molecule has 6 heteroatoms. The van der Waals surface area contributed by atoms with Crippen LogP contribution in [0.4, 0.5) is 0 Å². The van der Waals surface area contributed by atoms with E-state index in [0.717, 1.165) is 16.8 Å². The van der Waals surface area contributed by atoms with Crippen molar-refractivity contribution in [1.82, 2.24) is 25.2 Å². The molecule has 0 amide bonds. The van der Waals surface area contributed by atoms with Gasteiger partial charge < -0.3 is 10.2 Å². The molecule has 0 aliphatic rings. The zero-order chi connectivity index (χ0) is 13.2. The van der Waals surface area contributed by atoms with E-state index in [0.29, 0.717) is 0 Å². The smallest absolute Gasteiger partial charge is 0.153 e. The molecule has 0 aromatic carbocycles. The summed E-state index contributed by atoms with van der Waals surface area (Å²) in [5.74, 6) is 0. The van der Waals surface area contributed by atoms with Crippen molar-refractivity contribution in [3.8, 4) is 0 Å². The Kier molecular flexibility index (Phi) is 4.69. The minimum absolute atomic E-state index is 0.0337. The van der Waals surface area contributed by atoms with Crippen LogP contribution in [0, 0.1) is 0 Å². The first kappa shape index (κ1) is 14.6. The molecule has 98 valence electrons. The minimum Gasteiger partial charge on any atom is -0.307 e. The number of nitrogens with one attached hydrogen (secondary N) is 1. The molecule has 1 heterocycles. The van der Waals surface area contributed by atoms with Crippen LogP contribution in [0.2, 0.25) is 0 Å². The SMILES string of the molecule is CCNC(c1c(Br)nnn1C)C(C)(C)N(C)C. The third-order valence-corrected chi connectivity index (χ3v) is 3.93. The first-order valence-electron chi connectivity index (χ1n) is 5.78. The van der Waals surface area contributed by atoms with Gasteiger partial charge in [0, 0.05) is 12.6 Å². The predicted octanol–water partition coefficient (Wildman–Crippen LogP) is 1.57.